The second-order valence-corrected chi connectivity index (χ2v) is 3.26. The topological polar surface area (TPSA) is 64.6 Å². The van der Waals surface area contributed by atoms with Crippen molar-refractivity contribution in [1.29, 1.82) is 0 Å². The van der Waals surface area contributed by atoms with Crippen molar-refractivity contribution in [2.45, 2.75) is 12.8 Å². The summed E-state index contributed by atoms with van der Waals surface area (Å²) in [7, 11) is 2.56. The van der Waals surface area contributed by atoms with Crippen LogP contribution in [0.1, 0.15) is 12.8 Å². The van der Waals surface area contributed by atoms with Gasteiger partial charge in [0.2, 0.25) is 0 Å². The van der Waals surface area contributed by atoms with Gasteiger partial charge in [0, 0.05) is 12.7 Å². The van der Waals surface area contributed by atoms with E-state index < -0.39 is 11.9 Å². The molecular weight excluding hydrogens is 210 g/mol. The smallest absolute Gasteiger partial charge is 0.340 e. The Bertz CT molecular complexity index is 310. The zero-order valence-corrected chi connectivity index (χ0v) is 9.41. The summed E-state index contributed by atoms with van der Waals surface area (Å²) in [6.45, 7) is 0.755. The van der Waals surface area contributed by atoms with Gasteiger partial charge in [0.25, 0.3) is 0 Å². The Kier molecular flexibility index (Phi) is 4.57. The Labute approximate surface area is 94.1 Å². The highest BCUT2D eigenvalue weighted by Gasteiger charge is 2.22. The molecule has 0 aromatic carbocycles. The van der Waals surface area contributed by atoms with Gasteiger partial charge >= 0.3 is 11.9 Å². The zero-order valence-electron chi connectivity index (χ0n) is 9.41. The largest absolute Gasteiger partial charge is 0.465 e. The fraction of sp³-hybridized carbons (Fsp3) is 0.455. The van der Waals surface area contributed by atoms with Gasteiger partial charge in [0.05, 0.1) is 25.4 Å². The second kappa shape index (κ2) is 5.95. The first kappa shape index (κ1) is 12.3. The van der Waals surface area contributed by atoms with Crippen LogP contribution in [0.25, 0.3) is 0 Å². The number of rotatable bonds is 2. The van der Waals surface area contributed by atoms with Crippen LogP contribution < -0.4 is 5.32 Å². The van der Waals surface area contributed by atoms with Crippen LogP contribution in [0.3, 0.4) is 0 Å². The second-order valence-electron chi connectivity index (χ2n) is 3.26. The normalized spacial score (nSPS) is 22.4. The molecular formula is C11H15NO4. The number of esters is 2. The quantitative estimate of drug-likeness (QED) is 0.694. The zero-order chi connectivity index (χ0) is 12.0. The predicted octanol–water partition coefficient (Wildman–Crippen LogP) is 0.526. The van der Waals surface area contributed by atoms with Crippen LogP contribution in [0.15, 0.2) is 23.4 Å². The molecule has 0 spiro atoms. The summed E-state index contributed by atoms with van der Waals surface area (Å²) in [6, 6.07) is 0. The van der Waals surface area contributed by atoms with E-state index in [0.717, 1.165) is 13.0 Å². The molecule has 16 heavy (non-hydrogen) atoms. The standard InChI is InChI=1S/C11H15NO4/c1-15-10(13)8-5-3-4-6-12-7-9(8)11(14)16-2/h5,7,12H,3-4,6H2,1-2H3/b8-5+,9-7+. The molecule has 1 aliphatic rings. The Balaban J connectivity index is 3.03. The lowest BCUT2D eigenvalue weighted by molar-refractivity contribution is -0.139. The van der Waals surface area contributed by atoms with E-state index in [0.29, 0.717) is 6.42 Å². The maximum absolute atomic E-state index is 11.5. The van der Waals surface area contributed by atoms with Crippen molar-refractivity contribution in [3.63, 3.8) is 0 Å². The van der Waals surface area contributed by atoms with Gasteiger partial charge in [-0.3, -0.25) is 0 Å². The van der Waals surface area contributed by atoms with E-state index in [2.05, 4.69) is 14.8 Å². The number of nitrogens with one attached hydrogen (secondary N) is 1. The van der Waals surface area contributed by atoms with Crippen LogP contribution in [0.4, 0.5) is 0 Å². The maximum Gasteiger partial charge on any atom is 0.340 e. The van der Waals surface area contributed by atoms with Gasteiger partial charge in [-0.2, -0.15) is 0 Å². The van der Waals surface area contributed by atoms with Crippen molar-refractivity contribution in [3.05, 3.63) is 23.4 Å². The maximum atomic E-state index is 11.5. The SMILES string of the molecule is COC(=O)C1=C/CCCN/C=C\1C(=O)OC. The number of carbonyl (C=O) groups excluding carboxylic acids is 2. The first-order chi connectivity index (χ1) is 7.70. The number of carbonyl (C=O) groups is 2. The highest BCUT2D eigenvalue weighted by molar-refractivity contribution is 6.06. The van der Waals surface area contributed by atoms with E-state index >= 15 is 0 Å². The van der Waals surface area contributed by atoms with Gasteiger partial charge in [0.15, 0.2) is 0 Å². The van der Waals surface area contributed by atoms with E-state index in [1.54, 1.807) is 6.08 Å². The molecule has 1 heterocycles. The average Bonchev–Trinajstić information content (AvgIpc) is 2.27. The predicted molar refractivity (Wildman–Crippen MR) is 57.4 cm³/mol. The van der Waals surface area contributed by atoms with Crippen LogP contribution in [-0.4, -0.2) is 32.7 Å². The molecule has 0 aromatic heterocycles. The lowest BCUT2D eigenvalue weighted by atomic mass is 10.0. The molecule has 88 valence electrons. The summed E-state index contributed by atoms with van der Waals surface area (Å²) in [4.78, 5) is 23.0. The fourth-order valence-corrected chi connectivity index (χ4v) is 1.39. The molecule has 0 amide bonds. The van der Waals surface area contributed by atoms with Crippen molar-refractivity contribution in [3.8, 4) is 0 Å². The first-order valence-corrected chi connectivity index (χ1v) is 5.01. The summed E-state index contributed by atoms with van der Waals surface area (Å²) in [5.41, 5.74) is 0.454. The summed E-state index contributed by atoms with van der Waals surface area (Å²) in [6.07, 6.45) is 4.81. The van der Waals surface area contributed by atoms with Crippen LogP contribution in [0, 0.1) is 0 Å². The minimum Gasteiger partial charge on any atom is -0.465 e. The third kappa shape index (κ3) is 2.85. The van der Waals surface area contributed by atoms with E-state index in [4.69, 9.17) is 0 Å². The molecule has 0 atom stereocenters. The molecule has 0 radical (unpaired) electrons. The molecule has 0 aliphatic carbocycles. The lowest BCUT2D eigenvalue weighted by Crippen LogP contribution is -2.20. The van der Waals surface area contributed by atoms with Gasteiger partial charge in [0.1, 0.15) is 0 Å². The summed E-state index contributed by atoms with van der Waals surface area (Å²) in [5.74, 6) is -1.08. The minimum atomic E-state index is -0.550. The molecule has 5 heteroatoms. The Morgan fingerprint density at radius 3 is 2.44 bits per heavy atom. The molecule has 1 aliphatic heterocycles. The van der Waals surface area contributed by atoms with Crippen molar-refractivity contribution in [1.82, 2.24) is 5.32 Å². The van der Waals surface area contributed by atoms with Crippen LogP contribution in [-0.2, 0) is 19.1 Å². The summed E-state index contributed by atoms with van der Waals surface area (Å²) < 4.78 is 9.24. The van der Waals surface area contributed by atoms with Gasteiger partial charge < -0.3 is 14.8 Å². The molecule has 1 N–H and O–H groups in total. The van der Waals surface area contributed by atoms with E-state index in [-0.39, 0.29) is 11.1 Å². The highest BCUT2D eigenvalue weighted by atomic mass is 16.5. The Morgan fingerprint density at radius 2 is 1.81 bits per heavy atom. The van der Waals surface area contributed by atoms with Crippen molar-refractivity contribution >= 4 is 11.9 Å². The number of hydrogen-bond donors (Lipinski definition) is 1. The highest BCUT2D eigenvalue weighted by Crippen LogP contribution is 2.16. The third-order valence-electron chi connectivity index (χ3n) is 2.22. The fourth-order valence-electron chi connectivity index (χ4n) is 1.39. The molecule has 0 saturated carbocycles. The molecule has 1 rings (SSSR count). The summed E-state index contributed by atoms with van der Waals surface area (Å²) in [5, 5.41) is 2.95. The van der Waals surface area contributed by atoms with Crippen molar-refractivity contribution < 1.29 is 19.1 Å². The molecule has 0 saturated heterocycles. The molecule has 0 unspecified atom stereocenters. The monoisotopic (exact) mass is 225 g/mol. The Morgan fingerprint density at radius 1 is 1.19 bits per heavy atom. The molecule has 0 aromatic rings. The van der Waals surface area contributed by atoms with Gasteiger partial charge in [-0.1, -0.05) is 6.08 Å². The van der Waals surface area contributed by atoms with Crippen LogP contribution >= 0.6 is 0 Å². The molecule has 5 nitrogen and oxygen atoms in total. The molecule has 0 bridgehead atoms. The minimum absolute atomic E-state index is 0.203. The van der Waals surface area contributed by atoms with Gasteiger partial charge in [-0.25, -0.2) is 9.59 Å². The lowest BCUT2D eigenvalue weighted by Gasteiger charge is -2.12. The van der Waals surface area contributed by atoms with E-state index in [9.17, 15) is 9.59 Å². The molecule has 0 fully saturated rings. The number of ether oxygens (including phenoxy) is 2. The van der Waals surface area contributed by atoms with Crippen LogP contribution in [0.5, 0.6) is 0 Å². The van der Waals surface area contributed by atoms with E-state index in [1.165, 1.54) is 20.4 Å². The van der Waals surface area contributed by atoms with Crippen molar-refractivity contribution in [2.24, 2.45) is 0 Å². The van der Waals surface area contributed by atoms with Gasteiger partial charge in [-0.05, 0) is 12.8 Å². The van der Waals surface area contributed by atoms with Crippen molar-refractivity contribution in [2.75, 3.05) is 20.8 Å². The summed E-state index contributed by atoms with van der Waals surface area (Å²) >= 11 is 0. The number of allylic oxidation sites excluding steroid dienone is 1. The number of methoxy groups -OCH3 is 2. The van der Waals surface area contributed by atoms with E-state index in [1.807, 2.05) is 0 Å². The Hall–Kier alpha value is -1.78. The van der Waals surface area contributed by atoms with Crippen LogP contribution in [0.2, 0.25) is 0 Å². The van der Waals surface area contributed by atoms with Gasteiger partial charge in [-0.15, -0.1) is 0 Å². The third-order valence-corrected chi connectivity index (χ3v) is 2.22. The average molecular weight is 225 g/mol. The first-order valence-electron chi connectivity index (χ1n) is 5.01. The number of hydrogen-bond acceptors (Lipinski definition) is 5.